The van der Waals surface area contributed by atoms with Crippen LogP contribution in [0.25, 0.3) is 77.2 Å². The topological polar surface area (TPSA) is 16.4 Å². The van der Waals surface area contributed by atoms with E-state index in [9.17, 15) is 0 Å². The molecule has 0 saturated heterocycles. The number of anilines is 3. The Morgan fingerprint density at radius 1 is 0.429 bits per heavy atom. The molecule has 0 spiro atoms. The molecule has 1 aromatic heterocycles. The third-order valence-electron chi connectivity index (χ3n) is 14.2. The van der Waals surface area contributed by atoms with Crippen molar-refractivity contribution < 1.29 is 4.42 Å². The van der Waals surface area contributed by atoms with Crippen molar-refractivity contribution in [3.05, 3.63) is 211 Å². The number of rotatable bonds is 7. The number of hydrogen-bond acceptors (Lipinski definition) is 2. The molecule has 0 radical (unpaired) electrons. The lowest BCUT2D eigenvalue weighted by Crippen LogP contribution is -2.15. The maximum Gasteiger partial charge on any atom is 0.137 e. The van der Waals surface area contributed by atoms with Crippen molar-refractivity contribution >= 4 is 49.8 Å². The van der Waals surface area contributed by atoms with Crippen molar-refractivity contribution in [1.82, 2.24) is 0 Å². The summed E-state index contributed by atoms with van der Waals surface area (Å²) in [6.07, 6.45) is 6.25. The van der Waals surface area contributed by atoms with Gasteiger partial charge < -0.3 is 9.32 Å². The number of nitrogens with zero attached hydrogens (tertiary/aromatic N) is 1. The van der Waals surface area contributed by atoms with E-state index in [0.29, 0.717) is 5.92 Å². The molecule has 2 nitrogen and oxygen atoms in total. The van der Waals surface area contributed by atoms with Crippen molar-refractivity contribution in [2.24, 2.45) is 0 Å². The van der Waals surface area contributed by atoms with E-state index in [2.05, 4.69) is 213 Å². The quantitative estimate of drug-likeness (QED) is 0.159. The molecule has 2 heteroatoms. The summed E-state index contributed by atoms with van der Waals surface area (Å²) in [6, 6.07) is 72.1. The van der Waals surface area contributed by atoms with Gasteiger partial charge in [-0.25, -0.2) is 0 Å². The Balaban J connectivity index is 1.22. The smallest absolute Gasteiger partial charge is 0.137 e. The minimum Gasteiger partial charge on any atom is -0.456 e. The van der Waals surface area contributed by atoms with Gasteiger partial charge in [0.25, 0.3) is 0 Å². The lowest BCUT2D eigenvalue weighted by molar-refractivity contribution is 0.445. The Morgan fingerprint density at radius 3 is 1.78 bits per heavy atom. The minimum absolute atomic E-state index is 0.138. The average Bonchev–Trinajstić information content (AvgIpc) is 3.83. The summed E-state index contributed by atoms with van der Waals surface area (Å²) in [6.45, 7) is 4.78. The molecule has 10 aromatic rings. The Labute approximate surface area is 370 Å². The van der Waals surface area contributed by atoms with E-state index in [-0.39, 0.29) is 5.41 Å². The van der Waals surface area contributed by atoms with Crippen LogP contribution in [0, 0.1) is 0 Å². The molecule has 0 amide bonds. The largest absolute Gasteiger partial charge is 0.456 e. The zero-order chi connectivity index (χ0) is 42.1. The van der Waals surface area contributed by atoms with Gasteiger partial charge in [-0.15, -0.1) is 0 Å². The summed E-state index contributed by atoms with van der Waals surface area (Å²) in [5.74, 6) is 0.479. The fourth-order valence-corrected chi connectivity index (χ4v) is 11.2. The van der Waals surface area contributed by atoms with Crippen LogP contribution in [0.2, 0.25) is 0 Å². The molecule has 1 fully saturated rings. The van der Waals surface area contributed by atoms with Gasteiger partial charge in [0.15, 0.2) is 0 Å². The van der Waals surface area contributed by atoms with Crippen LogP contribution in [-0.2, 0) is 5.41 Å². The van der Waals surface area contributed by atoms with E-state index in [1.165, 1.54) is 110 Å². The molecule has 2 aliphatic carbocycles. The molecule has 9 aromatic carbocycles. The van der Waals surface area contributed by atoms with Crippen molar-refractivity contribution in [3.8, 4) is 44.5 Å². The lowest BCUT2D eigenvalue weighted by Gasteiger charge is -2.33. The number of benzene rings is 9. The Hall–Kier alpha value is -7.16. The van der Waals surface area contributed by atoms with Gasteiger partial charge >= 0.3 is 0 Å². The normalized spacial score (nSPS) is 14.6. The van der Waals surface area contributed by atoms with E-state index in [1.807, 2.05) is 0 Å². The molecule has 0 unspecified atom stereocenters. The number of hydrogen-bond donors (Lipinski definition) is 0. The van der Waals surface area contributed by atoms with E-state index >= 15 is 0 Å². The van der Waals surface area contributed by atoms with Gasteiger partial charge in [0.1, 0.15) is 11.2 Å². The first-order chi connectivity index (χ1) is 31.0. The predicted molar refractivity (Wildman–Crippen MR) is 266 cm³/mol. The molecule has 0 aliphatic heterocycles. The molecule has 0 N–H and O–H groups in total. The highest BCUT2D eigenvalue weighted by atomic mass is 16.3. The van der Waals surface area contributed by atoms with Gasteiger partial charge in [0.05, 0.1) is 5.69 Å². The molecule has 304 valence electrons. The second-order valence-corrected chi connectivity index (χ2v) is 18.3. The first-order valence-electron chi connectivity index (χ1n) is 22.8. The van der Waals surface area contributed by atoms with Gasteiger partial charge in [-0.05, 0) is 128 Å². The highest BCUT2D eigenvalue weighted by Gasteiger charge is 2.38. The zero-order valence-electron chi connectivity index (χ0n) is 35.9. The Morgan fingerprint density at radius 2 is 1.03 bits per heavy atom. The standard InChI is InChI=1S/C61H49NO/c1-61(2)54-30-16-14-28-51(54)59-52(29-18-31-55(59)61)60-50-27-13-12-25-47(50)53(42-23-10-5-11-24-42)39-56(60)62(45-33-34-49-48-26-15-17-32-57(48)63-58(49)38-45)46-36-43(40-19-6-3-7-20-40)35-44(37-46)41-21-8-4-9-22-41/h3-4,6-9,12-22,25-39,42H,5,10-11,23-24H2,1-2H3. The molecule has 12 rings (SSSR count). The maximum atomic E-state index is 6.70. The van der Waals surface area contributed by atoms with Gasteiger partial charge in [0, 0.05) is 39.2 Å². The van der Waals surface area contributed by atoms with Crippen LogP contribution in [0.1, 0.15) is 68.6 Å². The molecule has 1 saturated carbocycles. The van der Waals surface area contributed by atoms with Gasteiger partial charge in [-0.3, -0.25) is 0 Å². The Bertz CT molecular complexity index is 3290. The highest BCUT2D eigenvalue weighted by molar-refractivity contribution is 6.12. The van der Waals surface area contributed by atoms with Crippen LogP contribution in [0.4, 0.5) is 17.1 Å². The van der Waals surface area contributed by atoms with Crippen molar-refractivity contribution in [3.63, 3.8) is 0 Å². The second-order valence-electron chi connectivity index (χ2n) is 18.3. The van der Waals surface area contributed by atoms with Crippen LogP contribution in [0.5, 0.6) is 0 Å². The van der Waals surface area contributed by atoms with Crippen LogP contribution < -0.4 is 4.90 Å². The van der Waals surface area contributed by atoms with Gasteiger partial charge in [0.2, 0.25) is 0 Å². The number of para-hydroxylation sites is 1. The maximum absolute atomic E-state index is 6.70. The van der Waals surface area contributed by atoms with Crippen LogP contribution in [0.3, 0.4) is 0 Å². The molecular formula is C61H49NO. The van der Waals surface area contributed by atoms with E-state index in [1.54, 1.807) is 0 Å². The molecule has 2 aliphatic rings. The van der Waals surface area contributed by atoms with Crippen LogP contribution in [0.15, 0.2) is 199 Å². The molecule has 1 heterocycles. The van der Waals surface area contributed by atoms with Gasteiger partial charge in [-0.1, -0.05) is 179 Å². The van der Waals surface area contributed by atoms with Crippen molar-refractivity contribution in [2.75, 3.05) is 4.90 Å². The molecule has 63 heavy (non-hydrogen) atoms. The highest BCUT2D eigenvalue weighted by Crippen LogP contribution is 2.56. The summed E-state index contributed by atoms with van der Waals surface area (Å²) in [7, 11) is 0. The van der Waals surface area contributed by atoms with E-state index in [4.69, 9.17) is 4.42 Å². The Kier molecular flexibility index (Phi) is 8.97. The van der Waals surface area contributed by atoms with E-state index in [0.717, 1.165) is 33.3 Å². The second kappa shape index (κ2) is 15.0. The lowest BCUT2D eigenvalue weighted by atomic mass is 9.79. The molecular weight excluding hydrogens is 763 g/mol. The zero-order valence-corrected chi connectivity index (χ0v) is 35.9. The summed E-state index contributed by atoms with van der Waals surface area (Å²) in [5, 5.41) is 4.92. The first-order valence-corrected chi connectivity index (χ1v) is 22.8. The van der Waals surface area contributed by atoms with Crippen molar-refractivity contribution in [2.45, 2.75) is 57.3 Å². The predicted octanol–water partition coefficient (Wildman–Crippen LogP) is 17.6. The summed E-state index contributed by atoms with van der Waals surface area (Å²) in [4.78, 5) is 2.56. The SMILES string of the molecule is CC1(C)c2ccccc2-c2c(-c3c(N(c4cc(-c5ccccc5)cc(-c5ccccc5)c4)c4ccc5c(c4)oc4ccccc45)cc(C4CCCCC4)c4ccccc34)cccc21. The van der Waals surface area contributed by atoms with E-state index < -0.39 is 0 Å². The fraction of sp³-hybridized carbons (Fsp3) is 0.148. The molecule has 0 bridgehead atoms. The third-order valence-corrected chi connectivity index (χ3v) is 14.2. The third kappa shape index (κ3) is 6.22. The number of furan rings is 1. The first kappa shape index (κ1) is 37.6. The van der Waals surface area contributed by atoms with Crippen molar-refractivity contribution in [1.29, 1.82) is 0 Å². The fourth-order valence-electron chi connectivity index (χ4n) is 11.2. The summed E-state index contributed by atoms with van der Waals surface area (Å²) >= 11 is 0. The summed E-state index contributed by atoms with van der Waals surface area (Å²) < 4.78 is 6.70. The minimum atomic E-state index is -0.138. The van der Waals surface area contributed by atoms with Crippen LogP contribution >= 0.6 is 0 Å². The molecule has 0 atom stereocenters. The summed E-state index contributed by atoms with van der Waals surface area (Å²) in [5.41, 5.74) is 19.1. The average molecular weight is 812 g/mol. The van der Waals surface area contributed by atoms with Gasteiger partial charge in [-0.2, -0.15) is 0 Å². The number of fused-ring (bicyclic) bond motifs is 7. The van der Waals surface area contributed by atoms with Crippen LogP contribution in [-0.4, -0.2) is 0 Å². The monoisotopic (exact) mass is 811 g/mol.